The molecule has 3 nitrogen and oxygen atoms in total. The molecule has 0 amide bonds. The molecule has 0 spiro atoms. The van der Waals surface area contributed by atoms with Gasteiger partial charge in [0.25, 0.3) is 12.0 Å². The van der Waals surface area contributed by atoms with Crippen LogP contribution in [-0.2, 0) is 6.54 Å². The average molecular weight is 192 g/mol. The Labute approximate surface area is 71.4 Å². The van der Waals surface area contributed by atoms with E-state index in [1.165, 1.54) is 0 Å². The van der Waals surface area contributed by atoms with E-state index in [1.807, 2.05) is 0 Å². The lowest BCUT2D eigenvalue weighted by atomic mass is 10.1. The number of nitrogens with two attached hydrogens (primary N) is 1. The Morgan fingerprint density at radius 2 is 2.15 bits per heavy atom. The summed E-state index contributed by atoms with van der Waals surface area (Å²) in [4.78, 5) is 12.5. The summed E-state index contributed by atoms with van der Waals surface area (Å²) >= 11 is 0. The first-order valence-electron chi connectivity index (χ1n) is 3.46. The van der Waals surface area contributed by atoms with Gasteiger partial charge in [-0.05, 0) is 11.6 Å². The average Bonchev–Trinajstić information content (AvgIpc) is 2.01. The Bertz CT molecular complexity index is 361. The number of rotatable bonds is 2. The highest BCUT2D eigenvalue weighted by molar-refractivity contribution is 5.24. The molecule has 0 fully saturated rings. The zero-order valence-corrected chi connectivity index (χ0v) is 6.48. The molecule has 0 unspecified atom stereocenters. The van der Waals surface area contributed by atoms with Crippen LogP contribution in [0.3, 0.4) is 0 Å². The van der Waals surface area contributed by atoms with E-state index in [9.17, 15) is 18.0 Å². The largest absolute Gasteiger partial charge is 0.326 e. The minimum atomic E-state index is -2.94. The zero-order chi connectivity index (χ0) is 10.0. The number of aromatic amines is 1. The summed E-state index contributed by atoms with van der Waals surface area (Å²) in [6.07, 6.45) is -2.94. The molecule has 72 valence electrons. The van der Waals surface area contributed by atoms with Crippen LogP contribution in [0.2, 0.25) is 0 Å². The molecule has 0 aliphatic carbocycles. The van der Waals surface area contributed by atoms with E-state index in [-0.39, 0.29) is 12.1 Å². The summed E-state index contributed by atoms with van der Waals surface area (Å²) in [7, 11) is 0. The molecule has 1 aromatic heterocycles. The van der Waals surface area contributed by atoms with Gasteiger partial charge in [-0.1, -0.05) is 0 Å². The van der Waals surface area contributed by atoms with Gasteiger partial charge in [-0.25, -0.2) is 8.78 Å². The summed E-state index contributed by atoms with van der Waals surface area (Å²) < 4.78 is 36.9. The Morgan fingerprint density at radius 1 is 1.54 bits per heavy atom. The molecule has 0 aromatic carbocycles. The molecular formula is C7H7F3N2O. The highest BCUT2D eigenvalue weighted by atomic mass is 19.3. The molecule has 6 heteroatoms. The second-order valence-corrected chi connectivity index (χ2v) is 2.39. The van der Waals surface area contributed by atoms with Crippen molar-refractivity contribution in [3.63, 3.8) is 0 Å². The van der Waals surface area contributed by atoms with Gasteiger partial charge in [-0.2, -0.15) is 4.39 Å². The van der Waals surface area contributed by atoms with Gasteiger partial charge in [0.05, 0.1) is 5.56 Å². The molecule has 1 aromatic rings. The van der Waals surface area contributed by atoms with Crippen LogP contribution < -0.4 is 11.3 Å². The van der Waals surface area contributed by atoms with Crippen molar-refractivity contribution in [3.05, 3.63) is 33.5 Å². The van der Waals surface area contributed by atoms with Gasteiger partial charge in [0.2, 0.25) is 0 Å². The standard InChI is InChI=1S/C7H7F3N2O/c8-4-1-3(2-11)5(6(9)10)7(13)12-4/h1,6H,2,11H2,(H,12,13). The van der Waals surface area contributed by atoms with E-state index >= 15 is 0 Å². The van der Waals surface area contributed by atoms with E-state index in [0.29, 0.717) is 0 Å². The molecule has 0 radical (unpaired) electrons. The summed E-state index contributed by atoms with van der Waals surface area (Å²) in [6.45, 7) is -0.291. The molecule has 0 saturated carbocycles. The van der Waals surface area contributed by atoms with Crippen LogP contribution in [0.5, 0.6) is 0 Å². The first-order valence-corrected chi connectivity index (χ1v) is 3.46. The number of aromatic nitrogens is 1. The maximum atomic E-state index is 12.5. The highest BCUT2D eigenvalue weighted by Crippen LogP contribution is 2.18. The Kier molecular flexibility index (Phi) is 2.72. The fraction of sp³-hybridized carbons (Fsp3) is 0.286. The second-order valence-electron chi connectivity index (χ2n) is 2.39. The number of nitrogens with one attached hydrogen (secondary N) is 1. The fourth-order valence-electron chi connectivity index (χ4n) is 0.997. The molecule has 1 rings (SSSR count). The third-order valence-electron chi connectivity index (χ3n) is 1.56. The summed E-state index contributed by atoms with van der Waals surface area (Å²) in [5, 5.41) is 0. The van der Waals surface area contributed by atoms with Crippen molar-refractivity contribution >= 4 is 0 Å². The number of halogens is 3. The lowest BCUT2D eigenvalue weighted by molar-refractivity contribution is 0.148. The van der Waals surface area contributed by atoms with Crippen LogP contribution in [-0.4, -0.2) is 4.98 Å². The molecule has 0 bridgehead atoms. The van der Waals surface area contributed by atoms with Crippen LogP contribution in [0, 0.1) is 5.95 Å². The van der Waals surface area contributed by atoms with Crippen molar-refractivity contribution in [3.8, 4) is 0 Å². The van der Waals surface area contributed by atoms with Crippen molar-refractivity contribution in [2.24, 2.45) is 5.73 Å². The minimum absolute atomic E-state index is 0.170. The minimum Gasteiger partial charge on any atom is -0.326 e. The molecule has 1 heterocycles. The van der Waals surface area contributed by atoms with Crippen LogP contribution >= 0.6 is 0 Å². The van der Waals surface area contributed by atoms with Crippen molar-refractivity contribution < 1.29 is 13.2 Å². The summed E-state index contributed by atoms with van der Waals surface area (Å²) in [6, 6.07) is 0.795. The smallest absolute Gasteiger partial charge is 0.269 e. The highest BCUT2D eigenvalue weighted by Gasteiger charge is 2.17. The Hall–Kier alpha value is -1.30. The molecule has 0 atom stereocenters. The van der Waals surface area contributed by atoms with E-state index in [1.54, 1.807) is 4.98 Å². The second kappa shape index (κ2) is 3.61. The lowest BCUT2D eigenvalue weighted by Crippen LogP contribution is -2.19. The van der Waals surface area contributed by atoms with Gasteiger partial charge < -0.3 is 5.73 Å². The summed E-state index contributed by atoms with van der Waals surface area (Å²) in [5.74, 6) is -0.963. The predicted molar refractivity (Wildman–Crippen MR) is 39.9 cm³/mol. The van der Waals surface area contributed by atoms with Gasteiger partial charge >= 0.3 is 0 Å². The van der Waals surface area contributed by atoms with Crippen LogP contribution in [0.15, 0.2) is 10.9 Å². The van der Waals surface area contributed by atoms with E-state index in [0.717, 1.165) is 6.07 Å². The maximum absolute atomic E-state index is 12.5. The molecule has 13 heavy (non-hydrogen) atoms. The van der Waals surface area contributed by atoms with E-state index in [4.69, 9.17) is 5.73 Å². The van der Waals surface area contributed by atoms with Crippen LogP contribution in [0.1, 0.15) is 17.6 Å². The van der Waals surface area contributed by atoms with Crippen molar-refractivity contribution in [2.75, 3.05) is 0 Å². The van der Waals surface area contributed by atoms with Crippen LogP contribution in [0.4, 0.5) is 13.2 Å². The Balaban J connectivity index is 3.39. The molecule has 0 aliphatic rings. The van der Waals surface area contributed by atoms with Gasteiger partial charge in [0, 0.05) is 6.54 Å². The molecule has 0 saturated heterocycles. The zero-order valence-electron chi connectivity index (χ0n) is 6.48. The third-order valence-corrected chi connectivity index (χ3v) is 1.56. The first kappa shape index (κ1) is 9.79. The first-order chi connectivity index (χ1) is 6.06. The lowest BCUT2D eigenvalue weighted by Gasteiger charge is -2.04. The normalized spacial score (nSPS) is 10.8. The topological polar surface area (TPSA) is 58.9 Å². The third kappa shape index (κ3) is 1.89. The quantitative estimate of drug-likeness (QED) is 0.684. The van der Waals surface area contributed by atoms with Gasteiger partial charge in [0.1, 0.15) is 0 Å². The van der Waals surface area contributed by atoms with Gasteiger partial charge in [0.15, 0.2) is 5.95 Å². The number of alkyl halides is 2. The summed E-state index contributed by atoms with van der Waals surface area (Å²) in [5.41, 5.74) is 3.01. The molecule has 0 aliphatic heterocycles. The van der Waals surface area contributed by atoms with Gasteiger partial charge in [-0.15, -0.1) is 0 Å². The van der Waals surface area contributed by atoms with E-state index < -0.39 is 23.5 Å². The van der Waals surface area contributed by atoms with E-state index in [2.05, 4.69) is 0 Å². The number of hydrogen-bond donors (Lipinski definition) is 2. The van der Waals surface area contributed by atoms with Crippen LogP contribution in [0.25, 0.3) is 0 Å². The predicted octanol–water partition coefficient (Wildman–Crippen LogP) is 0.910. The number of pyridine rings is 1. The van der Waals surface area contributed by atoms with Crippen molar-refractivity contribution in [2.45, 2.75) is 13.0 Å². The molecular weight excluding hydrogens is 185 g/mol. The number of H-pyrrole nitrogens is 1. The Morgan fingerprint density at radius 3 is 2.62 bits per heavy atom. The molecule has 3 N–H and O–H groups in total. The fourth-order valence-corrected chi connectivity index (χ4v) is 0.997. The van der Waals surface area contributed by atoms with Crippen molar-refractivity contribution in [1.29, 1.82) is 0 Å². The maximum Gasteiger partial charge on any atom is 0.269 e. The SMILES string of the molecule is NCc1cc(F)[nH]c(=O)c1C(F)F. The number of hydrogen-bond acceptors (Lipinski definition) is 2. The van der Waals surface area contributed by atoms with Crippen molar-refractivity contribution in [1.82, 2.24) is 4.98 Å². The monoisotopic (exact) mass is 192 g/mol. The van der Waals surface area contributed by atoms with Gasteiger partial charge in [-0.3, -0.25) is 9.78 Å².